The highest BCUT2D eigenvalue weighted by atomic mass is 35.5. The van der Waals surface area contributed by atoms with E-state index in [9.17, 15) is 10.1 Å². The zero-order valence-corrected chi connectivity index (χ0v) is 12.0. The summed E-state index contributed by atoms with van der Waals surface area (Å²) in [6.07, 6.45) is 3.55. The van der Waals surface area contributed by atoms with Crippen LogP contribution in [0.1, 0.15) is 33.1 Å². The molecule has 1 N–H and O–H groups in total. The zero-order chi connectivity index (χ0) is 14.0. The van der Waals surface area contributed by atoms with E-state index in [4.69, 9.17) is 11.6 Å². The molecule has 0 saturated heterocycles. The number of anilines is 1. The van der Waals surface area contributed by atoms with Gasteiger partial charge in [-0.05, 0) is 37.2 Å². The van der Waals surface area contributed by atoms with Gasteiger partial charge in [-0.3, -0.25) is 10.1 Å². The van der Waals surface area contributed by atoms with E-state index in [1.54, 1.807) is 6.07 Å². The Morgan fingerprint density at radius 3 is 2.68 bits per heavy atom. The number of hydrogen-bond donors (Lipinski definition) is 1. The zero-order valence-electron chi connectivity index (χ0n) is 11.2. The molecular formula is C14H19ClN2O2. The van der Waals surface area contributed by atoms with Gasteiger partial charge in [-0.25, -0.2) is 0 Å². The molecule has 1 aromatic carbocycles. The second-order valence-electron chi connectivity index (χ2n) is 5.57. The predicted molar refractivity (Wildman–Crippen MR) is 77.7 cm³/mol. The summed E-state index contributed by atoms with van der Waals surface area (Å²) in [6.45, 7) is 4.53. The van der Waals surface area contributed by atoms with Crippen molar-refractivity contribution in [2.45, 2.75) is 39.2 Å². The number of non-ortho nitro benzene ring substituents is 1. The summed E-state index contributed by atoms with van der Waals surface area (Å²) in [6, 6.07) is 4.99. The van der Waals surface area contributed by atoms with Crippen LogP contribution in [-0.2, 0) is 0 Å². The summed E-state index contributed by atoms with van der Waals surface area (Å²) in [4.78, 5) is 10.2. The van der Waals surface area contributed by atoms with Crippen LogP contribution in [0.25, 0.3) is 0 Å². The first-order chi connectivity index (χ1) is 8.97. The lowest BCUT2D eigenvalue weighted by Crippen LogP contribution is -2.33. The molecule has 1 aliphatic carbocycles. The van der Waals surface area contributed by atoms with Crippen LogP contribution in [0.3, 0.4) is 0 Å². The summed E-state index contributed by atoms with van der Waals surface area (Å²) < 4.78 is 0. The third-order valence-corrected chi connectivity index (χ3v) is 4.25. The Balaban J connectivity index is 2.09. The molecule has 2 rings (SSSR count). The van der Waals surface area contributed by atoms with E-state index in [1.165, 1.54) is 25.0 Å². The van der Waals surface area contributed by atoms with Crippen molar-refractivity contribution in [2.24, 2.45) is 11.8 Å². The van der Waals surface area contributed by atoms with Crippen molar-refractivity contribution >= 4 is 23.0 Å². The van der Waals surface area contributed by atoms with Gasteiger partial charge in [0.2, 0.25) is 0 Å². The maximum atomic E-state index is 10.7. The molecule has 0 aromatic heterocycles. The Morgan fingerprint density at radius 2 is 2.11 bits per heavy atom. The number of hydrogen-bond acceptors (Lipinski definition) is 3. The predicted octanol–water partition coefficient (Wildman–Crippen LogP) is 4.48. The second-order valence-corrected chi connectivity index (χ2v) is 5.97. The van der Waals surface area contributed by atoms with Crippen molar-refractivity contribution in [3.05, 3.63) is 33.3 Å². The maximum absolute atomic E-state index is 10.7. The summed E-state index contributed by atoms with van der Waals surface area (Å²) in [5.41, 5.74) is 0.819. The quantitative estimate of drug-likeness (QED) is 0.657. The number of nitro benzene ring substituents is 1. The smallest absolute Gasteiger partial charge is 0.271 e. The molecule has 0 bridgehead atoms. The minimum atomic E-state index is -0.430. The van der Waals surface area contributed by atoms with Crippen molar-refractivity contribution in [2.75, 3.05) is 5.32 Å². The van der Waals surface area contributed by atoms with Crippen LogP contribution in [0.2, 0.25) is 5.02 Å². The van der Waals surface area contributed by atoms with Crippen molar-refractivity contribution in [3.8, 4) is 0 Å². The summed E-state index contributed by atoms with van der Waals surface area (Å²) in [7, 11) is 0. The van der Waals surface area contributed by atoms with Crippen LogP contribution in [0, 0.1) is 22.0 Å². The lowest BCUT2D eigenvalue weighted by Gasteiger charge is -2.34. The van der Waals surface area contributed by atoms with E-state index >= 15 is 0 Å². The van der Waals surface area contributed by atoms with E-state index in [-0.39, 0.29) is 5.69 Å². The molecular weight excluding hydrogens is 264 g/mol. The lowest BCUT2D eigenvalue weighted by molar-refractivity contribution is -0.384. The van der Waals surface area contributed by atoms with Crippen molar-refractivity contribution in [3.63, 3.8) is 0 Å². The van der Waals surface area contributed by atoms with Crippen LogP contribution in [-0.4, -0.2) is 11.0 Å². The second kappa shape index (κ2) is 5.78. The summed E-state index contributed by atoms with van der Waals surface area (Å²) in [5.74, 6) is 1.37. The molecule has 1 aliphatic rings. The molecule has 0 amide bonds. The van der Waals surface area contributed by atoms with Crippen molar-refractivity contribution in [1.82, 2.24) is 0 Å². The first kappa shape index (κ1) is 14.1. The highest BCUT2D eigenvalue weighted by Crippen LogP contribution is 2.33. The summed E-state index contributed by atoms with van der Waals surface area (Å²) in [5, 5.41) is 14.5. The standard InChI is InChI=1S/C14H19ClN2O2/c1-9-3-5-13(10(2)7-9)16-14-6-4-11(17(18)19)8-12(14)15/h4,6,8-10,13,16H,3,5,7H2,1-2H3. The fourth-order valence-electron chi connectivity index (χ4n) is 2.81. The number of rotatable bonds is 3. The Kier molecular flexibility index (Phi) is 4.30. The molecule has 5 heteroatoms. The fraction of sp³-hybridized carbons (Fsp3) is 0.571. The van der Waals surface area contributed by atoms with Crippen LogP contribution < -0.4 is 5.32 Å². The molecule has 1 fully saturated rings. The van der Waals surface area contributed by atoms with Gasteiger partial charge in [0.1, 0.15) is 0 Å². The van der Waals surface area contributed by atoms with E-state index in [2.05, 4.69) is 19.2 Å². The van der Waals surface area contributed by atoms with E-state index in [0.29, 0.717) is 17.0 Å². The van der Waals surface area contributed by atoms with Crippen molar-refractivity contribution < 1.29 is 4.92 Å². The van der Waals surface area contributed by atoms with E-state index < -0.39 is 4.92 Å². The number of benzene rings is 1. The minimum Gasteiger partial charge on any atom is -0.381 e. The van der Waals surface area contributed by atoms with Gasteiger partial charge in [-0.1, -0.05) is 25.4 Å². The summed E-state index contributed by atoms with van der Waals surface area (Å²) >= 11 is 6.10. The lowest BCUT2D eigenvalue weighted by atomic mass is 9.80. The van der Waals surface area contributed by atoms with Gasteiger partial charge in [0.15, 0.2) is 0 Å². The van der Waals surface area contributed by atoms with E-state index in [0.717, 1.165) is 18.0 Å². The molecule has 19 heavy (non-hydrogen) atoms. The molecule has 104 valence electrons. The first-order valence-electron chi connectivity index (χ1n) is 6.68. The van der Waals surface area contributed by atoms with E-state index in [1.807, 2.05) is 0 Å². The molecule has 4 nitrogen and oxygen atoms in total. The van der Waals surface area contributed by atoms with Gasteiger partial charge in [0.05, 0.1) is 15.6 Å². The monoisotopic (exact) mass is 282 g/mol. The number of nitrogens with one attached hydrogen (secondary N) is 1. The van der Waals surface area contributed by atoms with Gasteiger partial charge in [-0.2, -0.15) is 0 Å². The normalized spacial score (nSPS) is 27.0. The van der Waals surface area contributed by atoms with Crippen LogP contribution in [0.15, 0.2) is 18.2 Å². The fourth-order valence-corrected chi connectivity index (χ4v) is 3.04. The molecule has 3 unspecified atom stereocenters. The molecule has 0 radical (unpaired) electrons. The maximum Gasteiger partial charge on any atom is 0.271 e. The van der Waals surface area contributed by atoms with Crippen molar-refractivity contribution in [1.29, 1.82) is 0 Å². The Bertz CT molecular complexity index is 479. The SMILES string of the molecule is CC1CCC(Nc2ccc([N+](=O)[O-])cc2Cl)C(C)C1. The van der Waals surface area contributed by atoms with Crippen LogP contribution in [0.5, 0.6) is 0 Å². The largest absolute Gasteiger partial charge is 0.381 e. The van der Waals surface area contributed by atoms with Crippen LogP contribution >= 0.6 is 11.6 Å². The molecule has 1 aromatic rings. The van der Waals surface area contributed by atoms with Gasteiger partial charge in [0.25, 0.3) is 5.69 Å². The van der Waals surface area contributed by atoms with Crippen LogP contribution in [0.4, 0.5) is 11.4 Å². The Hall–Kier alpha value is -1.29. The molecule has 3 atom stereocenters. The number of nitrogens with zero attached hydrogens (tertiary/aromatic N) is 1. The Labute approximate surface area is 118 Å². The Morgan fingerprint density at radius 1 is 1.37 bits per heavy atom. The van der Waals surface area contributed by atoms with Gasteiger partial charge >= 0.3 is 0 Å². The molecule has 0 aliphatic heterocycles. The third-order valence-electron chi connectivity index (χ3n) is 3.94. The topological polar surface area (TPSA) is 55.2 Å². The third kappa shape index (κ3) is 3.38. The minimum absolute atomic E-state index is 0.0286. The number of nitro groups is 1. The molecule has 1 saturated carbocycles. The average Bonchev–Trinajstić information content (AvgIpc) is 2.34. The highest BCUT2D eigenvalue weighted by molar-refractivity contribution is 6.33. The molecule has 0 heterocycles. The highest BCUT2D eigenvalue weighted by Gasteiger charge is 2.25. The first-order valence-corrected chi connectivity index (χ1v) is 7.05. The van der Waals surface area contributed by atoms with Gasteiger partial charge < -0.3 is 5.32 Å². The van der Waals surface area contributed by atoms with Gasteiger partial charge in [0, 0.05) is 18.2 Å². The average molecular weight is 283 g/mol. The number of halogens is 1. The van der Waals surface area contributed by atoms with Gasteiger partial charge in [-0.15, -0.1) is 0 Å². The molecule has 0 spiro atoms.